The number of nitrogens with zero attached hydrogens (tertiary/aromatic N) is 2. The first-order chi connectivity index (χ1) is 12.4. The first kappa shape index (κ1) is 17.7. The minimum Gasteiger partial charge on any atom is -0.350 e. The van der Waals surface area contributed by atoms with Crippen LogP contribution in [0.3, 0.4) is 0 Å². The molecule has 1 heterocycles. The first-order valence-corrected chi connectivity index (χ1v) is 8.74. The fourth-order valence-corrected chi connectivity index (χ4v) is 2.74. The van der Waals surface area contributed by atoms with Crippen LogP contribution in [0.25, 0.3) is 5.69 Å². The molecule has 0 aliphatic carbocycles. The number of hydrogen-bond donors (Lipinski definition) is 2. The molecule has 1 amide bonds. The van der Waals surface area contributed by atoms with Gasteiger partial charge in [0.15, 0.2) is 0 Å². The molecule has 134 valence electrons. The molecule has 0 aliphatic rings. The summed E-state index contributed by atoms with van der Waals surface area (Å²) in [6.07, 6.45) is 0. The van der Waals surface area contributed by atoms with Crippen LogP contribution in [0.1, 0.15) is 35.5 Å². The summed E-state index contributed by atoms with van der Waals surface area (Å²) in [6.45, 7) is 7.90. The van der Waals surface area contributed by atoms with E-state index in [9.17, 15) is 4.79 Å². The Balaban J connectivity index is 1.96. The Morgan fingerprint density at radius 1 is 1.04 bits per heavy atom. The molecule has 1 aromatic heterocycles. The lowest BCUT2D eigenvalue weighted by Crippen LogP contribution is -2.30. The van der Waals surface area contributed by atoms with Crippen molar-refractivity contribution in [1.82, 2.24) is 15.1 Å². The highest BCUT2D eigenvalue weighted by Gasteiger charge is 2.14. The molecule has 5 heteroatoms. The van der Waals surface area contributed by atoms with Crippen molar-refractivity contribution in [3.63, 3.8) is 0 Å². The normalized spacial score (nSPS) is 10.8. The average molecular weight is 348 g/mol. The summed E-state index contributed by atoms with van der Waals surface area (Å²) in [5.74, 6) is 0.720. The minimum atomic E-state index is -0.0961. The fraction of sp³-hybridized carbons (Fsp3) is 0.238. The van der Waals surface area contributed by atoms with E-state index < -0.39 is 0 Å². The number of para-hydroxylation sites is 1. The van der Waals surface area contributed by atoms with Crippen LogP contribution in [0.5, 0.6) is 0 Å². The van der Waals surface area contributed by atoms with Gasteiger partial charge in [0.25, 0.3) is 5.91 Å². The highest BCUT2D eigenvalue weighted by Crippen LogP contribution is 2.24. The molecule has 0 unspecified atom stereocenters. The highest BCUT2D eigenvalue weighted by atomic mass is 16.1. The van der Waals surface area contributed by atoms with Crippen molar-refractivity contribution in [1.29, 1.82) is 0 Å². The van der Waals surface area contributed by atoms with E-state index in [1.165, 1.54) is 5.56 Å². The van der Waals surface area contributed by atoms with Crippen LogP contribution < -0.4 is 10.6 Å². The molecule has 26 heavy (non-hydrogen) atoms. The molecule has 0 saturated carbocycles. The van der Waals surface area contributed by atoms with Gasteiger partial charge in [-0.15, -0.1) is 0 Å². The summed E-state index contributed by atoms with van der Waals surface area (Å²) >= 11 is 0. The van der Waals surface area contributed by atoms with Gasteiger partial charge in [0.05, 0.1) is 22.6 Å². The molecule has 0 atom stereocenters. The zero-order valence-electron chi connectivity index (χ0n) is 15.6. The summed E-state index contributed by atoms with van der Waals surface area (Å²) in [5, 5.41) is 10.9. The van der Waals surface area contributed by atoms with Gasteiger partial charge >= 0.3 is 0 Å². The Morgan fingerprint density at radius 3 is 2.42 bits per heavy atom. The van der Waals surface area contributed by atoms with Gasteiger partial charge in [-0.05, 0) is 52.0 Å². The topological polar surface area (TPSA) is 59.0 Å². The number of aromatic nitrogens is 2. The molecule has 5 nitrogen and oxygen atoms in total. The second-order valence-electron chi connectivity index (χ2n) is 6.72. The molecular formula is C21H24N4O. The Kier molecular flexibility index (Phi) is 5.07. The summed E-state index contributed by atoms with van der Waals surface area (Å²) in [5.41, 5.74) is 4.42. The molecule has 0 fully saturated rings. The standard InChI is InChI=1S/C21H24N4O/c1-14(2)22-21(26)18-7-5-6-8-19(18)23-20-13-16(4)24-25(20)17-11-9-15(3)10-12-17/h5-14,23H,1-4H3,(H,22,26). The second-order valence-corrected chi connectivity index (χ2v) is 6.72. The number of aryl methyl sites for hydroxylation is 2. The largest absolute Gasteiger partial charge is 0.350 e. The van der Waals surface area contributed by atoms with E-state index in [0.717, 1.165) is 22.9 Å². The number of amides is 1. The maximum Gasteiger partial charge on any atom is 0.253 e. The first-order valence-electron chi connectivity index (χ1n) is 8.74. The van der Waals surface area contributed by atoms with Crippen LogP contribution in [-0.2, 0) is 0 Å². The van der Waals surface area contributed by atoms with Gasteiger partial charge in [-0.2, -0.15) is 5.10 Å². The van der Waals surface area contributed by atoms with Gasteiger partial charge in [0, 0.05) is 12.1 Å². The Morgan fingerprint density at radius 2 is 1.73 bits per heavy atom. The minimum absolute atomic E-state index is 0.0795. The number of nitrogens with one attached hydrogen (secondary N) is 2. The van der Waals surface area contributed by atoms with Crippen molar-refractivity contribution in [2.24, 2.45) is 0 Å². The monoisotopic (exact) mass is 348 g/mol. The summed E-state index contributed by atoms with van der Waals surface area (Å²) < 4.78 is 1.85. The summed E-state index contributed by atoms with van der Waals surface area (Å²) in [4.78, 5) is 12.5. The highest BCUT2D eigenvalue weighted by molar-refractivity contribution is 6.00. The number of anilines is 2. The molecule has 2 N–H and O–H groups in total. The number of benzene rings is 2. The van der Waals surface area contributed by atoms with Gasteiger partial charge in [0.2, 0.25) is 0 Å². The zero-order valence-corrected chi connectivity index (χ0v) is 15.6. The Bertz CT molecular complexity index is 910. The summed E-state index contributed by atoms with van der Waals surface area (Å²) in [6, 6.07) is 17.7. The number of carbonyl (C=O) groups is 1. The van der Waals surface area contributed by atoms with Crippen LogP contribution in [0.2, 0.25) is 0 Å². The van der Waals surface area contributed by atoms with Crippen molar-refractivity contribution in [2.75, 3.05) is 5.32 Å². The lowest BCUT2D eigenvalue weighted by Gasteiger charge is -2.15. The van der Waals surface area contributed by atoms with Crippen molar-refractivity contribution < 1.29 is 4.79 Å². The van der Waals surface area contributed by atoms with Gasteiger partial charge in [-0.3, -0.25) is 4.79 Å². The van der Waals surface area contributed by atoms with E-state index >= 15 is 0 Å². The quantitative estimate of drug-likeness (QED) is 0.720. The molecule has 2 aromatic carbocycles. The van der Waals surface area contributed by atoms with E-state index in [2.05, 4.69) is 34.8 Å². The predicted molar refractivity (Wildman–Crippen MR) is 105 cm³/mol. The van der Waals surface area contributed by atoms with Gasteiger partial charge < -0.3 is 10.6 Å². The van der Waals surface area contributed by atoms with E-state index in [-0.39, 0.29) is 11.9 Å². The van der Waals surface area contributed by atoms with E-state index in [4.69, 9.17) is 0 Å². The van der Waals surface area contributed by atoms with Crippen LogP contribution in [0.15, 0.2) is 54.6 Å². The average Bonchev–Trinajstić information content (AvgIpc) is 2.95. The molecule has 3 rings (SSSR count). The van der Waals surface area contributed by atoms with Crippen molar-refractivity contribution in [3.8, 4) is 5.69 Å². The maximum atomic E-state index is 12.5. The van der Waals surface area contributed by atoms with E-state index in [0.29, 0.717) is 5.56 Å². The van der Waals surface area contributed by atoms with Crippen LogP contribution in [0, 0.1) is 13.8 Å². The lowest BCUT2D eigenvalue weighted by molar-refractivity contribution is 0.0944. The zero-order chi connectivity index (χ0) is 18.7. The fourth-order valence-electron chi connectivity index (χ4n) is 2.74. The molecule has 0 radical (unpaired) electrons. The van der Waals surface area contributed by atoms with Crippen LogP contribution in [0.4, 0.5) is 11.5 Å². The van der Waals surface area contributed by atoms with Crippen LogP contribution in [-0.4, -0.2) is 21.7 Å². The molecule has 3 aromatic rings. The van der Waals surface area contributed by atoms with Crippen molar-refractivity contribution in [3.05, 3.63) is 71.4 Å². The summed E-state index contributed by atoms with van der Waals surface area (Å²) in [7, 11) is 0. The van der Waals surface area contributed by atoms with Crippen molar-refractivity contribution >= 4 is 17.4 Å². The lowest BCUT2D eigenvalue weighted by atomic mass is 10.1. The van der Waals surface area contributed by atoms with E-state index in [1.807, 2.05) is 67.9 Å². The van der Waals surface area contributed by atoms with E-state index in [1.54, 1.807) is 0 Å². The Labute approximate surface area is 154 Å². The predicted octanol–water partition coefficient (Wildman–Crippen LogP) is 4.37. The molecule has 0 aliphatic heterocycles. The number of rotatable bonds is 5. The van der Waals surface area contributed by atoms with Gasteiger partial charge in [-0.25, -0.2) is 4.68 Å². The SMILES string of the molecule is Cc1ccc(-n2nc(C)cc2Nc2ccccc2C(=O)NC(C)C)cc1. The molecular weight excluding hydrogens is 324 g/mol. The third kappa shape index (κ3) is 3.94. The Hall–Kier alpha value is -3.08. The number of hydrogen-bond acceptors (Lipinski definition) is 3. The third-order valence-electron chi connectivity index (χ3n) is 3.96. The van der Waals surface area contributed by atoms with Crippen LogP contribution >= 0.6 is 0 Å². The number of carbonyl (C=O) groups excluding carboxylic acids is 1. The second kappa shape index (κ2) is 7.44. The third-order valence-corrected chi connectivity index (χ3v) is 3.96. The maximum absolute atomic E-state index is 12.5. The van der Waals surface area contributed by atoms with Gasteiger partial charge in [-0.1, -0.05) is 29.8 Å². The van der Waals surface area contributed by atoms with Gasteiger partial charge in [0.1, 0.15) is 5.82 Å². The van der Waals surface area contributed by atoms with Crippen molar-refractivity contribution in [2.45, 2.75) is 33.7 Å². The molecule has 0 spiro atoms. The molecule has 0 saturated heterocycles. The smallest absolute Gasteiger partial charge is 0.253 e. The molecule has 0 bridgehead atoms.